The Morgan fingerprint density at radius 1 is 1.04 bits per heavy atom. The van der Waals surface area contributed by atoms with E-state index in [9.17, 15) is 14.4 Å². The Kier molecular flexibility index (Phi) is 10.9. The molecule has 0 spiro atoms. The van der Waals surface area contributed by atoms with Gasteiger partial charge in [0.15, 0.2) is 0 Å². The van der Waals surface area contributed by atoms with Crippen molar-refractivity contribution in [3.8, 4) is 0 Å². The highest BCUT2D eigenvalue weighted by atomic mass is 16.5. The zero-order valence-electron chi connectivity index (χ0n) is 13.9. The van der Waals surface area contributed by atoms with Crippen LogP contribution in [0.5, 0.6) is 0 Å². The van der Waals surface area contributed by atoms with Crippen molar-refractivity contribution in [3.05, 3.63) is 34.9 Å². The maximum Gasteiger partial charge on any atom is 0.336 e. The molecule has 0 radical (unpaired) electrons. The summed E-state index contributed by atoms with van der Waals surface area (Å²) in [4.78, 5) is 32.0. The Morgan fingerprint density at radius 3 is 2.17 bits per heavy atom. The lowest BCUT2D eigenvalue weighted by molar-refractivity contribution is -0.146. The molecule has 0 bridgehead atoms. The van der Waals surface area contributed by atoms with Gasteiger partial charge in [0.25, 0.3) is 0 Å². The lowest BCUT2D eigenvalue weighted by Crippen LogP contribution is -2.11. The van der Waals surface area contributed by atoms with E-state index in [0.29, 0.717) is 18.6 Å². The molecule has 0 saturated heterocycles. The fourth-order valence-electron chi connectivity index (χ4n) is 1.88. The molecular weight excluding hydrogens is 316 g/mol. The molecule has 0 aliphatic carbocycles. The number of rotatable bonds is 8. The number of unbranched alkanes of at least 4 members (excludes halogenated alkanes) is 1. The molecule has 0 aromatic heterocycles. The Hall–Kier alpha value is -2.41. The van der Waals surface area contributed by atoms with E-state index in [1.165, 1.54) is 6.07 Å². The van der Waals surface area contributed by atoms with Crippen molar-refractivity contribution < 1.29 is 34.4 Å². The van der Waals surface area contributed by atoms with Crippen LogP contribution in [0.4, 0.5) is 0 Å². The van der Waals surface area contributed by atoms with E-state index in [-0.39, 0.29) is 11.1 Å². The molecule has 7 heteroatoms. The number of aromatic carboxylic acids is 2. The molecule has 0 saturated carbocycles. The molecule has 7 nitrogen and oxygen atoms in total. The molecule has 1 rings (SSSR count). The first-order valence-electron chi connectivity index (χ1n) is 7.73. The zero-order valence-corrected chi connectivity index (χ0v) is 13.9. The molecule has 1 aromatic rings. The van der Waals surface area contributed by atoms with Gasteiger partial charge in [-0.3, -0.25) is 0 Å². The number of carboxylic acid groups (broad SMARTS) is 2. The molecule has 0 unspecified atom stereocenters. The van der Waals surface area contributed by atoms with E-state index < -0.39 is 24.5 Å². The van der Waals surface area contributed by atoms with Crippen molar-refractivity contribution in [1.29, 1.82) is 0 Å². The Labute approximate surface area is 140 Å². The summed E-state index contributed by atoms with van der Waals surface area (Å²) in [6, 6.07) is 4.53. The van der Waals surface area contributed by atoms with Crippen molar-refractivity contribution in [3.63, 3.8) is 0 Å². The number of aliphatic hydroxyl groups is 1. The minimum absolute atomic E-state index is 0.0909. The average molecular weight is 340 g/mol. The van der Waals surface area contributed by atoms with Gasteiger partial charge in [0.1, 0.15) is 6.61 Å². The van der Waals surface area contributed by atoms with Crippen molar-refractivity contribution in [2.45, 2.75) is 39.5 Å². The maximum absolute atomic E-state index is 11.0. The molecule has 134 valence electrons. The standard InChI is InChI=1S/C11H12O4.C6H12O3/c1-2-4-7-5-3-6-8(10(12)13)9(7)11(14)15;1-2-3-4-9-6(8)5-7/h3,5-6H,2,4H2,1H3,(H,12,13)(H,14,15);7H,2-5H2,1H3. The fraction of sp³-hybridized carbons (Fsp3) is 0.471. The third-order valence-corrected chi connectivity index (χ3v) is 3.00. The number of carbonyl (C=O) groups is 3. The minimum Gasteiger partial charge on any atom is -0.478 e. The van der Waals surface area contributed by atoms with E-state index in [1.807, 2.05) is 13.8 Å². The number of hydrogen-bond donors (Lipinski definition) is 3. The Morgan fingerprint density at radius 2 is 1.71 bits per heavy atom. The maximum atomic E-state index is 11.0. The first-order valence-corrected chi connectivity index (χ1v) is 7.73. The molecular formula is C17H24O7. The van der Waals surface area contributed by atoms with Crippen molar-refractivity contribution in [1.82, 2.24) is 0 Å². The third-order valence-electron chi connectivity index (χ3n) is 3.00. The van der Waals surface area contributed by atoms with Gasteiger partial charge in [-0.2, -0.15) is 0 Å². The van der Waals surface area contributed by atoms with Crippen LogP contribution in [0.2, 0.25) is 0 Å². The lowest BCUT2D eigenvalue weighted by atomic mass is 9.98. The second-order valence-electron chi connectivity index (χ2n) is 4.93. The number of ether oxygens (including phenoxy) is 1. The number of carbonyl (C=O) groups excluding carboxylic acids is 1. The SMILES string of the molecule is CCCCOC(=O)CO.CCCc1cccc(C(=O)O)c1C(=O)O. The minimum atomic E-state index is -1.20. The van der Waals surface area contributed by atoms with Crippen LogP contribution in [0, 0.1) is 0 Å². The van der Waals surface area contributed by atoms with Crippen molar-refractivity contribution in [2.24, 2.45) is 0 Å². The summed E-state index contributed by atoms with van der Waals surface area (Å²) in [6.45, 7) is 3.84. The quantitative estimate of drug-likeness (QED) is 0.490. The molecule has 1 aromatic carbocycles. The third kappa shape index (κ3) is 7.73. The number of benzene rings is 1. The first-order chi connectivity index (χ1) is 11.4. The van der Waals surface area contributed by atoms with E-state index in [4.69, 9.17) is 15.3 Å². The summed E-state index contributed by atoms with van der Waals surface area (Å²) in [5, 5.41) is 26.0. The molecule has 0 amide bonds. The fourth-order valence-corrected chi connectivity index (χ4v) is 1.88. The van der Waals surface area contributed by atoms with Gasteiger partial charge in [-0.1, -0.05) is 38.8 Å². The second-order valence-corrected chi connectivity index (χ2v) is 4.93. The summed E-state index contributed by atoms with van der Waals surface area (Å²) in [7, 11) is 0. The topological polar surface area (TPSA) is 121 Å². The lowest BCUT2D eigenvalue weighted by Gasteiger charge is -2.07. The summed E-state index contributed by atoms with van der Waals surface area (Å²) in [6.07, 6.45) is 3.22. The molecule has 0 aliphatic heterocycles. The summed E-state index contributed by atoms with van der Waals surface area (Å²) in [5.74, 6) is -2.93. The highest BCUT2D eigenvalue weighted by Gasteiger charge is 2.18. The summed E-state index contributed by atoms with van der Waals surface area (Å²) in [5.41, 5.74) is 0.338. The smallest absolute Gasteiger partial charge is 0.336 e. The number of esters is 1. The van der Waals surface area contributed by atoms with Crippen LogP contribution in [-0.4, -0.2) is 46.4 Å². The molecule has 0 atom stereocenters. The van der Waals surface area contributed by atoms with Crippen LogP contribution in [-0.2, 0) is 16.0 Å². The number of aryl methyl sites for hydroxylation is 1. The second kappa shape index (κ2) is 12.1. The van der Waals surface area contributed by atoms with Gasteiger partial charge in [0, 0.05) is 0 Å². The van der Waals surface area contributed by atoms with Gasteiger partial charge >= 0.3 is 17.9 Å². The predicted molar refractivity (Wildman–Crippen MR) is 87.3 cm³/mol. The van der Waals surface area contributed by atoms with Gasteiger partial charge in [-0.15, -0.1) is 0 Å². The molecule has 24 heavy (non-hydrogen) atoms. The van der Waals surface area contributed by atoms with Gasteiger partial charge in [-0.05, 0) is 24.5 Å². The molecule has 0 fully saturated rings. The van der Waals surface area contributed by atoms with E-state index >= 15 is 0 Å². The molecule has 0 aliphatic rings. The van der Waals surface area contributed by atoms with Crippen LogP contribution in [0.15, 0.2) is 18.2 Å². The average Bonchev–Trinajstić information content (AvgIpc) is 2.55. The van der Waals surface area contributed by atoms with Gasteiger partial charge in [0.05, 0.1) is 17.7 Å². The van der Waals surface area contributed by atoms with Crippen LogP contribution in [0.25, 0.3) is 0 Å². The van der Waals surface area contributed by atoms with Crippen molar-refractivity contribution in [2.75, 3.05) is 13.2 Å². The Balaban J connectivity index is 0.000000506. The summed E-state index contributed by atoms with van der Waals surface area (Å²) >= 11 is 0. The van der Waals surface area contributed by atoms with E-state index in [0.717, 1.165) is 19.3 Å². The van der Waals surface area contributed by atoms with Crippen LogP contribution < -0.4 is 0 Å². The highest BCUT2D eigenvalue weighted by Crippen LogP contribution is 2.16. The van der Waals surface area contributed by atoms with Crippen LogP contribution >= 0.6 is 0 Å². The largest absolute Gasteiger partial charge is 0.478 e. The van der Waals surface area contributed by atoms with E-state index in [2.05, 4.69) is 4.74 Å². The van der Waals surface area contributed by atoms with Crippen LogP contribution in [0.3, 0.4) is 0 Å². The zero-order chi connectivity index (χ0) is 18.5. The van der Waals surface area contributed by atoms with E-state index in [1.54, 1.807) is 12.1 Å². The normalized spacial score (nSPS) is 9.62. The molecule has 0 heterocycles. The monoisotopic (exact) mass is 340 g/mol. The predicted octanol–water partition coefficient (Wildman–Crippen LogP) is 2.36. The Bertz CT molecular complexity index is 552. The summed E-state index contributed by atoms with van der Waals surface area (Å²) < 4.78 is 4.54. The number of aliphatic hydroxyl groups excluding tert-OH is 1. The first kappa shape index (κ1) is 21.6. The number of carboxylic acids is 2. The number of hydrogen-bond acceptors (Lipinski definition) is 5. The van der Waals surface area contributed by atoms with Gasteiger partial charge in [0.2, 0.25) is 0 Å². The van der Waals surface area contributed by atoms with Crippen LogP contribution in [0.1, 0.15) is 59.4 Å². The van der Waals surface area contributed by atoms with Gasteiger partial charge < -0.3 is 20.1 Å². The van der Waals surface area contributed by atoms with Crippen molar-refractivity contribution >= 4 is 17.9 Å². The molecule has 3 N–H and O–H groups in total. The van der Waals surface area contributed by atoms with Gasteiger partial charge in [-0.25, -0.2) is 14.4 Å². The highest BCUT2D eigenvalue weighted by molar-refractivity contribution is 6.02.